The van der Waals surface area contributed by atoms with E-state index in [0.717, 1.165) is 17.7 Å². The molecule has 0 heterocycles. The fraction of sp³-hybridized carbons (Fsp3) is 0.750. The summed E-state index contributed by atoms with van der Waals surface area (Å²) in [4.78, 5) is 36.0. The number of nitrogens with zero attached hydrogens (tertiary/aromatic N) is 2. The first kappa shape index (κ1) is 17.4. The highest BCUT2D eigenvalue weighted by molar-refractivity contribution is 5.80. The third-order valence-electron chi connectivity index (χ3n) is 2.42. The summed E-state index contributed by atoms with van der Waals surface area (Å²) in [6.45, 7) is 4.00. The topological polar surface area (TPSA) is 98.2 Å². The summed E-state index contributed by atoms with van der Waals surface area (Å²) in [5.74, 6) is -2.52. The van der Waals surface area contributed by atoms with E-state index in [4.69, 9.17) is 10.2 Å². The first-order valence-corrected chi connectivity index (χ1v) is 6.34. The largest absolute Gasteiger partial charge is 0.480 e. The number of carbonyl (C=O) groups is 3. The summed E-state index contributed by atoms with van der Waals surface area (Å²) in [6, 6.07) is 0. The van der Waals surface area contributed by atoms with Crippen molar-refractivity contribution >= 4 is 17.8 Å². The number of rotatable bonds is 10. The van der Waals surface area contributed by atoms with Crippen LogP contribution in [0.15, 0.2) is 0 Å². The van der Waals surface area contributed by atoms with Crippen molar-refractivity contribution in [1.82, 2.24) is 9.80 Å². The van der Waals surface area contributed by atoms with Crippen molar-refractivity contribution in [2.24, 2.45) is 0 Å². The van der Waals surface area contributed by atoms with Gasteiger partial charge in [-0.3, -0.25) is 19.3 Å². The number of amides is 1. The van der Waals surface area contributed by atoms with E-state index in [1.807, 2.05) is 13.8 Å². The highest BCUT2D eigenvalue weighted by atomic mass is 16.4. The molecule has 0 bridgehead atoms. The smallest absolute Gasteiger partial charge is 0.317 e. The summed E-state index contributed by atoms with van der Waals surface area (Å²) < 4.78 is 0. The SMILES string of the molecule is CCCN(CCC)C(=O)CN(CC(=O)O)CC(=O)O. The first-order valence-electron chi connectivity index (χ1n) is 6.34. The molecular weight excluding hydrogens is 252 g/mol. The summed E-state index contributed by atoms with van der Waals surface area (Å²) in [5, 5.41) is 17.4. The molecule has 0 rings (SSSR count). The Kier molecular flexibility index (Phi) is 8.52. The van der Waals surface area contributed by atoms with Gasteiger partial charge in [-0.2, -0.15) is 0 Å². The van der Waals surface area contributed by atoms with E-state index >= 15 is 0 Å². The van der Waals surface area contributed by atoms with Crippen molar-refractivity contribution < 1.29 is 24.6 Å². The lowest BCUT2D eigenvalue weighted by Gasteiger charge is -2.25. The molecule has 0 saturated heterocycles. The number of aliphatic carboxylic acids is 2. The minimum atomic E-state index is -1.15. The fourth-order valence-electron chi connectivity index (χ4n) is 1.74. The van der Waals surface area contributed by atoms with E-state index in [-0.39, 0.29) is 12.5 Å². The molecule has 0 aliphatic heterocycles. The van der Waals surface area contributed by atoms with Crippen LogP contribution in [-0.2, 0) is 14.4 Å². The highest BCUT2D eigenvalue weighted by Gasteiger charge is 2.20. The van der Waals surface area contributed by atoms with Crippen LogP contribution in [0.25, 0.3) is 0 Å². The van der Waals surface area contributed by atoms with Crippen LogP contribution in [0.4, 0.5) is 0 Å². The van der Waals surface area contributed by atoms with E-state index in [1.165, 1.54) is 0 Å². The van der Waals surface area contributed by atoms with Crippen molar-refractivity contribution in [1.29, 1.82) is 0 Å². The van der Waals surface area contributed by atoms with E-state index in [9.17, 15) is 14.4 Å². The van der Waals surface area contributed by atoms with Crippen LogP contribution < -0.4 is 0 Å². The van der Waals surface area contributed by atoms with Crippen molar-refractivity contribution in [2.45, 2.75) is 26.7 Å². The predicted molar refractivity (Wildman–Crippen MR) is 68.9 cm³/mol. The molecule has 0 aromatic rings. The van der Waals surface area contributed by atoms with Crippen LogP contribution >= 0.6 is 0 Å². The maximum absolute atomic E-state index is 12.0. The van der Waals surface area contributed by atoms with Crippen molar-refractivity contribution in [2.75, 3.05) is 32.7 Å². The standard InChI is InChI=1S/C12H22N2O5/c1-3-5-14(6-4-2)10(15)7-13(8-11(16)17)9-12(18)19/h3-9H2,1-2H3,(H,16,17)(H,18,19). The van der Waals surface area contributed by atoms with Crippen molar-refractivity contribution in [3.05, 3.63) is 0 Å². The van der Waals surface area contributed by atoms with Crippen molar-refractivity contribution in [3.8, 4) is 0 Å². The summed E-state index contributed by atoms with van der Waals surface area (Å²) in [5.41, 5.74) is 0. The second-order valence-corrected chi connectivity index (χ2v) is 4.31. The molecule has 7 heteroatoms. The van der Waals surface area contributed by atoms with Gasteiger partial charge in [0, 0.05) is 13.1 Å². The van der Waals surface area contributed by atoms with Crippen LogP contribution in [0.1, 0.15) is 26.7 Å². The second kappa shape index (κ2) is 9.32. The molecule has 0 saturated carbocycles. The van der Waals surface area contributed by atoms with Gasteiger partial charge in [0.2, 0.25) is 5.91 Å². The van der Waals surface area contributed by atoms with Gasteiger partial charge in [-0.05, 0) is 12.8 Å². The van der Waals surface area contributed by atoms with E-state index in [1.54, 1.807) is 4.90 Å². The third kappa shape index (κ3) is 8.15. The Hall–Kier alpha value is -1.63. The molecule has 0 atom stereocenters. The van der Waals surface area contributed by atoms with Gasteiger partial charge in [-0.25, -0.2) is 0 Å². The van der Waals surface area contributed by atoms with E-state index < -0.39 is 25.0 Å². The van der Waals surface area contributed by atoms with E-state index in [2.05, 4.69) is 0 Å². The zero-order chi connectivity index (χ0) is 14.8. The lowest BCUT2D eigenvalue weighted by Crippen LogP contribution is -2.44. The monoisotopic (exact) mass is 274 g/mol. The fourth-order valence-corrected chi connectivity index (χ4v) is 1.74. The average Bonchev–Trinajstić information content (AvgIpc) is 2.26. The Morgan fingerprint density at radius 2 is 1.26 bits per heavy atom. The Morgan fingerprint density at radius 3 is 1.58 bits per heavy atom. The summed E-state index contributed by atoms with van der Waals surface area (Å²) in [6.07, 6.45) is 1.62. The van der Waals surface area contributed by atoms with Gasteiger partial charge >= 0.3 is 11.9 Å². The molecule has 0 aliphatic rings. The highest BCUT2D eigenvalue weighted by Crippen LogP contribution is 1.98. The lowest BCUT2D eigenvalue weighted by atomic mass is 10.3. The zero-order valence-electron chi connectivity index (χ0n) is 11.5. The van der Waals surface area contributed by atoms with Crippen LogP contribution in [0.3, 0.4) is 0 Å². The summed E-state index contributed by atoms with van der Waals surface area (Å²) in [7, 11) is 0. The predicted octanol–water partition coefficient (Wildman–Crippen LogP) is 0.106. The van der Waals surface area contributed by atoms with Gasteiger partial charge in [0.05, 0.1) is 19.6 Å². The molecular formula is C12H22N2O5. The van der Waals surface area contributed by atoms with E-state index in [0.29, 0.717) is 13.1 Å². The molecule has 2 N–H and O–H groups in total. The molecule has 110 valence electrons. The lowest BCUT2D eigenvalue weighted by molar-refractivity contribution is -0.143. The summed E-state index contributed by atoms with van der Waals surface area (Å²) >= 11 is 0. The molecule has 7 nitrogen and oxygen atoms in total. The van der Waals surface area contributed by atoms with Gasteiger partial charge in [0.25, 0.3) is 0 Å². The Labute approximate surface area is 112 Å². The quantitative estimate of drug-likeness (QED) is 0.586. The normalized spacial score (nSPS) is 10.5. The molecule has 0 fully saturated rings. The molecule has 0 unspecified atom stereocenters. The van der Waals surface area contributed by atoms with Crippen molar-refractivity contribution in [3.63, 3.8) is 0 Å². The minimum absolute atomic E-state index is 0.182. The third-order valence-corrected chi connectivity index (χ3v) is 2.42. The Morgan fingerprint density at radius 1 is 0.842 bits per heavy atom. The van der Waals surface area contributed by atoms with Gasteiger partial charge in [-0.1, -0.05) is 13.8 Å². The first-order chi connectivity index (χ1) is 8.90. The van der Waals surface area contributed by atoms with Crippen LogP contribution in [-0.4, -0.2) is 70.6 Å². The zero-order valence-corrected chi connectivity index (χ0v) is 11.5. The number of hydrogen-bond donors (Lipinski definition) is 2. The van der Waals surface area contributed by atoms with Crippen LogP contribution in [0.2, 0.25) is 0 Å². The maximum Gasteiger partial charge on any atom is 0.317 e. The number of hydrogen-bond acceptors (Lipinski definition) is 4. The minimum Gasteiger partial charge on any atom is -0.480 e. The molecule has 0 aromatic carbocycles. The molecule has 0 aliphatic carbocycles. The second-order valence-electron chi connectivity index (χ2n) is 4.31. The maximum atomic E-state index is 12.0. The van der Waals surface area contributed by atoms with Gasteiger partial charge in [-0.15, -0.1) is 0 Å². The van der Waals surface area contributed by atoms with Crippen LogP contribution in [0, 0.1) is 0 Å². The number of carboxylic acid groups (broad SMARTS) is 2. The number of carbonyl (C=O) groups excluding carboxylic acids is 1. The van der Waals surface area contributed by atoms with Gasteiger partial charge in [0.1, 0.15) is 0 Å². The molecule has 1 amide bonds. The molecule has 0 radical (unpaired) electrons. The molecule has 19 heavy (non-hydrogen) atoms. The Balaban J connectivity index is 4.56. The molecule has 0 aromatic heterocycles. The van der Waals surface area contributed by atoms with Gasteiger partial charge in [0.15, 0.2) is 0 Å². The average molecular weight is 274 g/mol. The Bertz CT molecular complexity index is 297. The van der Waals surface area contributed by atoms with Gasteiger partial charge < -0.3 is 15.1 Å². The van der Waals surface area contributed by atoms with Crippen LogP contribution in [0.5, 0.6) is 0 Å². The molecule has 0 spiro atoms. The number of carboxylic acids is 2.